The number of nitrogens with zero attached hydrogens (tertiary/aromatic N) is 2. The molecule has 0 amide bonds. The van der Waals surface area contributed by atoms with Crippen LogP contribution in [0.15, 0.2) is 22.0 Å². The standard InChI is InChI=1S/C15H23N3OS/c1-5-8-16-11(4)13(10(2)3)15-17-14(18-19-15)12-7-6-9-20-12/h6-7,9-11,13,16H,5,8H2,1-4H3. The summed E-state index contributed by atoms with van der Waals surface area (Å²) < 4.78 is 5.52. The minimum Gasteiger partial charge on any atom is -0.339 e. The van der Waals surface area contributed by atoms with Crippen LogP contribution in [0, 0.1) is 5.92 Å². The fourth-order valence-electron chi connectivity index (χ4n) is 2.45. The van der Waals surface area contributed by atoms with E-state index < -0.39 is 0 Å². The molecule has 0 saturated carbocycles. The second-order valence-corrected chi connectivity index (χ2v) is 6.39. The third-order valence-corrected chi connectivity index (χ3v) is 4.31. The van der Waals surface area contributed by atoms with E-state index in [0.717, 1.165) is 23.7 Å². The highest BCUT2D eigenvalue weighted by molar-refractivity contribution is 7.13. The topological polar surface area (TPSA) is 51.0 Å². The summed E-state index contributed by atoms with van der Waals surface area (Å²) in [7, 11) is 0. The molecule has 2 rings (SSSR count). The molecule has 20 heavy (non-hydrogen) atoms. The Bertz CT molecular complexity index is 507. The van der Waals surface area contributed by atoms with Crippen LogP contribution in [0.4, 0.5) is 0 Å². The maximum atomic E-state index is 5.52. The van der Waals surface area contributed by atoms with Gasteiger partial charge in [0.15, 0.2) is 0 Å². The van der Waals surface area contributed by atoms with Crippen LogP contribution in [0.25, 0.3) is 10.7 Å². The largest absolute Gasteiger partial charge is 0.339 e. The molecule has 1 N–H and O–H groups in total. The van der Waals surface area contributed by atoms with Crippen molar-refractivity contribution in [2.45, 2.75) is 46.1 Å². The molecular weight excluding hydrogens is 270 g/mol. The summed E-state index contributed by atoms with van der Waals surface area (Å²) in [6.07, 6.45) is 1.12. The van der Waals surface area contributed by atoms with E-state index in [1.807, 2.05) is 17.5 Å². The van der Waals surface area contributed by atoms with E-state index in [2.05, 4.69) is 43.2 Å². The van der Waals surface area contributed by atoms with E-state index in [9.17, 15) is 0 Å². The van der Waals surface area contributed by atoms with Crippen molar-refractivity contribution in [3.63, 3.8) is 0 Å². The van der Waals surface area contributed by atoms with Crippen LogP contribution < -0.4 is 5.32 Å². The number of thiophene rings is 1. The number of aromatic nitrogens is 2. The van der Waals surface area contributed by atoms with Crippen molar-refractivity contribution in [1.82, 2.24) is 15.5 Å². The first-order valence-corrected chi connectivity index (χ1v) is 8.12. The molecule has 4 nitrogen and oxygen atoms in total. The molecule has 0 fully saturated rings. The molecule has 5 heteroatoms. The first kappa shape index (κ1) is 15.2. The van der Waals surface area contributed by atoms with Crippen LogP contribution in [0.1, 0.15) is 45.9 Å². The van der Waals surface area contributed by atoms with E-state index >= 15 is 0 Å². The molecule has 110 valence electrons. The van der Waals surface area contributed by atoms with Crippen molar-refractivity contribution in [2.24, 2.45) is 5.92 Å². The molecule has 0 spiro atoms. The van der Waals surface area contributed by atoms with Gasteiger partial charge in [-0.3, -0.25) is 0 Å². The Kier molecular flexibility index (Phi) is 5.31. The van der Waals surface area contributed by atoms with Gasteiger partial charge in [0, 0.05) is 6.04 Å². The van der Waals surface area contributed by atoms with Crippen LogP contribution >= 0.6 is 11.3 Å². The molecule has 2 atom stereocenters. The van der Waals surface area contributed by atoms with Crippen LogP contribution in [-0.2, 0) is 0 Å². The van der Waals surface area contributed by atoms with Crippen molar-refractivity contribution < 1.29 is 4.52 Å². The fourth-order valence-corrected chi connectivity index (χ4v) is 3.10. The molecule has 0 radical (unpaired) electrons. The Hall–Kier alpha value is -1.20. The molecule has 2 heterocycles. The van der Waals surface area contributed by atoms with Gasteiger partial charge in [-0.1, -0.05) is 32.0 Å². The van der Waals surface area contributed by atoms with Gasteiger partial charge in [-0.25, -0.2) is 0 Å². The van der Waals surface area contributed by atoms with Crippen LogP contribution in [0.2, 0.25) is 0 Å². The Morgan fingerprint density at radius 1 is 1.35 bits per heavy atom. The Morgan fingerprint density at radius 3 is 2.75 bits per heavy atom. The lowest BCUT2D eigenvalue weighted by Crippen LogP contribution is -2.35. The summed E-state index contributed by atoms with van der Waals surface area (Å²) in [4.78, 5) is 5.65. The van der Waals surface area contributed by atoms with Gasteiger partial charge in [0.1, 0.15) is 0 Å². The maximum Gasteiger partial charge on any atom is 0.231 e. The summed E-state index contributed by atoms with van der Waals surface area (Å²) >= 11 is 1.63. The quantitative estimate of drug-likeness (QED) is 0.840. The third-order valence-electron chi connectivity index (χ3n) is 3.44. The zero-order valence-electron chi connectivity index (χ0n) is 12.6. The fraction of sp³-hybridized carbons (Fsp3) is 0.600. The van der Waals surface area contributed by atoms with E-state index in [1.165, 1.54) is 0 Å². The van der Waals surface area contributed by atoms with Gasteiger partial charge in [0.2, 0.25) is 11.7 Å². The number of hydrogen-bond donors (Lipinski definition) is 1. The normalized spacial score (nSPS) is 14.7. The van der Waals surface area contributed by atoms with Gasteiger partial charge in [-0.05, 0) is 37.3 Å². The minimum absolute atomic E-state index is 0.239. The number of nitrogens with one attached hydrogen (secondary N) is 1. The molecule has 2 aromatic rings. The Balaban J connectivity index is 2.17. The molecule has 0 aliphatic heterocycles. The van der Waals surface area contributed by atoms with Crippen molar-refractivity contribution in [3.8, 4) is 10.7 Å². The van der Waals surface area contributed by atoms with Crippen molar-refractivity contribution in [3.05, 3.63) is 23.4 Å². The molecule has 0 bridgehead atoms. The van der Waals surface area contributed by atoms with Crippen LogP contribution in [-0.4, -0.2) is 22.7 Å². The average Bonchev–Trinajstić information content (AvgIpc) is 3.06. The summed E-state index contributed by atoms with van der Waals surface area (Å²) in [5.41, 5.74) is 0. The van der Waals surface area contributed by atoms with E-state index in [0.29, 0.717) is 17.8 Å². The predicted molar refractivity (Wildman–Crippen MR) is 82.9 cm³/mol. The minimum atomic E-state index is 0.239. The van der Waals surface area contributed by atoms with Crippen LogP contribution in [0.3, 0.4) is 0 Å². The monoisotopic (exact) mass is 293 g/mol. The highest BCUT2D eigenvalue weighted by atomic mass is 32.1. The molecule has 2 unspecified atom stereocenters. The number of rotatable bonds is 7. The molecule has 0 aromatic carbocycles. The third kappa shape index (κ3) is 3.46. The van der Waals surface area contributed by atoms with Crippen molar-refractivity contribution in [2.75, 3.05) is 6.54 Å². The second kappa shape index (κ2) is 6.99. The first-order valence-electron chi connectivity index (χ1n) is 7.24. The molecular formula is C15H23N3OS. The Labute approximate surface area is 124 Å². The molecule has 2 aromatic heterocycles. The molecule has 0 aliphatic rings. The van der Waals surface area contributed by atoms with E-state index in [1.54, 1.807) is 11.3 Å². The van der Waals surface area contributed by atoms with Gasteiger partial charge >= 0.3 is 0 Å². The highest BCUT2D eigenvalue weighted by Gasteiger charge is 2.28. The van der Waals surface area contributed by atoms with Gasteiger partial charge in [-0.15, -0.1) is 11.3 Å². The lowest BCUT2D eigenvalue weighted by molar-refractivity contribution is 0.280. The van der Waals surface area contributed by atoms with Gasteiger partial charge in [-0.2, -0.15) is 4.98 Å². The van der Waals surface area contributed by atoms with Crippen LogP contribution in [0.5, 0.6) is 0 Å². The smallest absolute Gasteiger partial charge is 0.231 e. The van der Waals surface area contributed by atoms with Crippen molar-refractivity contribution >= 4 is 11.3 Å². The second-order valence-electron chi connectivity index (χ2n) is 5.45. The van der Waals surface area contributed by atoms with Gasteiger partial charge < -0.3 is 9.84 Å². The molecule has 0 aliphatic carbocycles. The highest BCUT2D eigenvalue weighted by Crippen LogP contribution is 2.29. The maximum absolute atomic E-state index is 5.52. The van der Waals surface area contributed by atoms with Gasteiger partial charge in [0.25, 0.3) is 0 Å². The predicted octanol–water partition coefficient (Wildman–Crippen LogP) is 3.93. The van der Waals surface area contributed by atoms with E-state index in [-0.39, 0.29) is 5.92 Å². The summed E-state index contributed by atoms with van der Waals surface area (Å²) in [6.45, 7) is 9.77. The van der Waals surface area contributed by atoms with Crippen molar-refractivity contribution in [1.29, 1.82) is 0 Å². The zero-order valence-corrected chi connectivity index (χ0v) is 13.4. The first-order chi connectivity index (χ1) is 9.63. The lowest BCUT2D eigenvalue weighted by Gasteiger charge is -2.24. The zero-order chi connectivity index (χ0) is 14.5. The SMILES string of the molecule is CCCNC(C)C(c1nc(-c2cccs2)no1)C(C)C. The Morgan fingerprint density at radius 2 is 2.15 bits per heavy atom. The summed E-state index contributed by atoms with van der Waals surface area (Å²) in [6, 6.07) is 4.34. The van der Waals surface area contributed by atoms with E-state index in [4.69, 9.17) is 4.52 Å². The number of hydrogen-bond acceptors (Lipinski definition) is 5. The summed E-state index contributed by atoms with van der Waals surface area (Å²) in [5, 5.41) is 9.68. The lowest BCUT2D eigenvalue weighted by atomic mass is 9.89. The van der Waals surface area contributed by atoms with Gasteiger partial charge in [0.05, 0.1) is 10.8 Å². The average molecular weight is 293 g/mol. The summed E-state index contributed by atoms with van der Waals surface area (Å²) in [5.74, 6) is 2.12. The molecule has 0 saturated heterocycles.